The Bertz CT molecular complexity index is 901. The van der Waals surface area contributed by atoms with Gasteiger partial charge in [-0.1, -0.05) is 48.0 Å². The molecular formula is C26H41F2N3O3S. The maximum Gasteiger partial charge on any atom is 0.388 e. The van der Waals surface area contributed by atoms with Crippen molar-refractivity contribution < 1.29 is 23.4 Å². The zero-order valence-electron chi connectivity index (χ0n) is 22.1. The van der Waals surface area contributed by atoms with Crippen LogP contribution in [0.15, 0.2) is 18.5 Å². The number of piperidine rings is 1. The van der Waals surface area contributed by atoms with E-state index in [0.717, 1.165) is 35.7 Å². The predicted octanol–water partition coefficient (Wildman–Crippen LogP) is 7.27. The van der Waals surface area contributed by atoms with Gasteiger partial charge in [-0.2, -0.15) is 8.78 Å². The van der Waals surface area contributed by atoms with Gasteiger partial charge in [-0.3, -0.25) is 9.69 Å². The summed E-state index contributed by atoms with van der Waals surface area (Å²) in [5.74, 6) is -0.0361. The Labute approximate surface area is 212 Å². The lowest BCUT2D eigenvalue weighted by molar-refractivity contribution is -0.153. The van der Waals surface area contributed by atoms with Crippen LogP contribution in [0.1, 0.15) is 77.7 Å². The van der Waals surface area contributed by atoms with Gasteiger partial charge < -0.3 is 9.84 Å². The van der Waals surface area contributed by atoms with Gasteiger partial charge in [0.1, 0.15) is 5.01 Å². The van der Waals surface area contributed by atoms with Crippen LogP contribution in [0.4, 0.5) is 8.78 Å². The van der Waals surface area contributed by atoms with Gasteiger partial charge in [0.25, 0.3) is 0 Å². The summed E-state index contributed by atoms with van der Waals surface area (Å²) in [5, 5.41) is 10.3. The summed E-state index contributed by atoms with van der Waals surface area (Å²) in [4.78, 5) is 23.3. The number of aryl methyl sites for hydroxylation is 1. The zero-order chi connectivity index (χ0) is 26.6. The van der Waals surface area contributed by atoms with Crippen molar-refractivity contribution in [3.8, 4) is 16.5 Å². The third-order valence-electron chi connectivity index (χ3n) is 5.19. The molecule has 0 radical (unpaired) electrons. The zero-order valence-corrected chi connectivity index (χ0v) is 22.9. The van der Waals surface area contributed by atoms with Gasteiger partial charge in [0.2, 0.25) is 5.88 Å². The summed E-state index contributed by atoms with van der Waals surface area (Å²) < 4.78 is 29.9. The van der Waals surface area contributed by atoms with Crippen LogP contribution < -0.4 is 4.74 Å². The van der Waals surface area contributed by atoms with Gasteiger partial charge in [0, 0.05) is 30.4 Å². The lowest BCUT2D eigenvalue weighted by Crippen LogP contribution is -2.47. The van der Waals surface area contributed by atoms with Crippen LogP contribution in [0.25, 0.3) is 10.6 Å². The topological polar surface area (TPSA) is 75.5 Å². The molecule has 1 atom stereocenters. The lowest BCUT2D eigenvalue weighted by atomic mass is 9.76. The maximum absolute atomic E-state index is 12.7. The number of nitrogens with zero attached hydrogens (tertiary/aromatic N) is 3. The Kier molecular flexibility index (Phi) is 13.3. The molecule has 1 saturated heterocycles. The fraction of sp³-hybridized carbons (Fsp3) is 0.654. The standard InChI is InChI=1S/C20H25F2N3O3S.C4H10.C2H6/c1-3-5-20(18(26)27)6-4-7-25(12-20)11-14-10-24-17(29-14)15-8-13(2)9-23-16(15)28-19(21)22;1-4(2)3;1-2/h8-10,19H,3-7,11-12H2,1-2H3,(H,26,27);4H,1-3H3;1-2H3/t20-;;/m1../s1. The number of hydrogen-bond donors (Lipinski definition) is 1. The van der Waals surface area contributed by atoms with E-state index in [-0.39, 0.29) is 5.88 Å². The molecule has 35 heavy (non-hydrogen) atoms. The lowest BCUT2D eigenvalue weighted by Gasteiger charge is -2.39. The van der Waals surface area contributed by atoms with E-state index in [1.807, 2.05) is 27.7 Å². The summed E-state index contributed by atoms with van der Waals surface area (Å²) in [7, 11) is 0. The molecule has 2 aromatic heterocycles. The van der Waals surface area contributed by atoms with Crippen molar-refractivity contribution in [3.63, 3.8) is 0 Å². The average Bonchev–Trinajstić information content (AvgIpc) is 3.24. The summed E-state index contributed by atoms with van der Waals surface area (Å²) in [5.41, 5.74) is 0.561. The second kappa shape index (κ2) is 15.1. The van der Waals surface area contributed by atoms with Crippen LogP contribution in [0.5, 0.6) is 5.88 Å². The molecular weight excluding hydrogens is 472 g/mol. The number of rotatable bonds is 8. The van der Waals surface area contributed by atoms with Crippen molar-refractivity contribution in [2.45, 2.75) is 87.3 Å². The van der Waals surface area contributed by atoms with Crippen LogP contribution in [0.2, 0.25) is 0 Å². The van der Waals surface area contributed by atoms with Crippen molar-refractivity contribution in [1.82, 2.24) is 14.9 Å². The highest BCUT2D eigenvalue weighted by Crippen LogP contribution is 2.37. The SMILES string of the molecule is CC.CC(C)C.CCC[C@@]1(C(=O)O)CCCN(Cc2cnc(-c3cc(C)cnc3OC(F)F)s2)C1. The van der Waals surface area contributed by atoms with Gasteiger partial charge >= 0.3 is 12.6 Å². The Morgan fingerprint density at radius 2 is 1.91 bits per heavy atom. The van der Waals surface area contributed by atoms with Crippen LogP contribution in [0.3, 0.4) is 0 Å². The Morgan fingerprint density at radius 1 is 1.26 bits per heavy atom. The molecule has 1 aliphatic rings. The predicted molar refractivity (Wildman–Crippen MR) is 138 cm³/mol. The second-order valence-electron chi connectivity index (χ2n) is 9.26. The molecule has 0 amide bonds. The van der Waals surface area contributed by atoms with Crippen molar-refractivity contribution in [2.75, 3.05) is 13.1 Å². The number of carboxylic acid groups (broad SMARTS) is 1. The number of thiazole rings is 1. The molecule has 1 aliphatic heterocycles. The van der Waals surface area contributed by atoms with E-state index >= 15 is 0 Å². The van der Waals surface area contributed by atoms with Gasteiger partial charge in [-0.05, 0) is 50.3 Å². The first-order valence-electron chi connectivity index (χ1n) is 12.4. The smallest absolute Gasteiger partial charge is 0.388 e. The van der Waals surface area contributed by atoms with Crippen LogP contribution in [0, 0.1) is 18.3 Å². The minimum absolute atomic E-state index is 0.141. The van der Waals surface area contributed by atoms with E-state index in [0.29, 0.717) is 36.5 Å². The minimum atomic E-state index is -2.96. The number of alkyl halides is 2. The third kappa shape index (κ3) is 9.80. The molecule has 2 aromatic rings. The van der Waals surface area contributed by atoms with E-state index in [1.165, 1.54) is 17.5 Å². The second-order valence-corrected chi connectivity index (χ2v) is 10.4. The average molecular weight is 514 g/mol. The first-order valence-corrected chi connectivity index (χ1v) is 13.2. The van der Waals surface area contributed by atoms with Gasteiger partial charge in [-0.15, -0.1) is 11.3 Å². The fourth-order valence-electron chi connectivity index (χ4n) is 3.94. The van der Waals surface area contributed by atoms with Crippen LogP contribution in [-0.4, -0.2) is 45.6 Å². The maximum atomic E-state index is 12.7. The number of halogens is 2. The first-order chi connectivity index (χ1) is 16.6. The number of aromatic nitrogens is 2. The largest absolute Gasteiger partial charge is 0.481 e. The van der Waals surface area contributed by atoms with E-state index in [9.17, 15) is 18.7 Å². The van der Waals surface area contributed by atoms with Crippen molar-refractivity contribution in [3.05, 3.63) is 28.9 Å². The first kappa shape index (κ1) is 30.9. The van der Waals surface area contributed by atoms with E-state index in [2.05, 4.69) is 40.4 Å². The highest BCUT2D eigenvalue weighted by atomic mass is 32.1. The van der Waals surface area contributed by atoms with Crippen molar-refractivity contribution in [2.24, 2.45) is 11.3 Å². The number of likely N-dealkylation sites (tertiary alicyclic amines) is 1. The number of carbonyl (C=O) groups is 1. The molecule has 9 heteroatoms. The molecule has 1 N–H and O–H groups in total. The summed E-state index contributed by atoms with van der Waals surface area (Å²) in [6.07, 6.45) is 6.22. The number of pyridine rings is 1. The van der Waals surface area contributed by atoms with E-state index in [1.54, 1.807) is 12.3 Å². The third-order valence-corrected chi connectivity index (χ3v) is 6.21. The summed E-state index contributed by atoms with van der Waals surface area (Å²) in [6, 6.07) is 1.73. The molecule has 0 unspecified atom stereocenters. The molecule has 3 heterocycles. The quantitative estimate of drug-likeness (QED) is 0.400. The Morgan fingerprint density at radius 3 is 2.49 bits per heavy atom. The highest BCUT2D eigenvalue weighted by Gasteiger charge is 2.41. The van der Waals surface area contributed by atoms with Gasteiger partial charge in [0.15, 0.2) is 0 Å². The molecule has 0 bridgehead atoms. The molecule has 6 nitrogen and oxygen atoms in total. The molecule has 0 aliphatic carbocycles. The Balaban J connectivity index is 0.000000926. The number of ether oxygens (including phenoxy) is 1. The van der Waals surface area contributed by atoms with Gasteiger partial charge in [-0.25, -0.2) is 9.97 Å². The Hall–Kier alpha value is -2.13. The summed E-state index contributed by atoms with van der Waals surface area (Å²) in [6.45, 7) is 13.3. The van der Waals surface area contributed by atoms with Gasteiger partial charge in [0.05, 0.1) is 11.0 Å². The normalized spacial score (nSPS) is 17.9. The fourth-order valence-corrected chi connectivity index (χ4v) is 4.90. The molecule has 1 fully saturated rings. The molecule has 0 spiro atoms. The monoisotopic (exact) mass is 513 g/mol. The summed E-state index contributed by atoms with van der Waals surface area (Å²) >= 11 is 1.39. The molecule has 0 saturated carbocycles. The van der Waals surface area contributed by atoms with Crippen molar-refractivity contribution >= 4 is 17.3 Å². The van der Waals surface area contributed by atoms with Crippen LogP contribution in [-0.2, 0) is 11.3 Å². The number of carboxylic acids is 1. The number of aliphatic carboxylic acids is 1. The van der Waals surface area contributed by atoms with Crippen LogP contribution >= 0.6 is 11.3 Å². The van der Waals surface area contributed by atoms with E-state index < -0.39 is 18.0 Å². The minimum Gasteiger partial charge on any atom is -0.481 e. The number of hydrogen-bond acceptors (Lipinski definition) is 6. The molecule has 198 valence electrons. The molecule has 0 aromatic carbocycles. The van der Waals surface area contributed by atoms with Crippen molar-refractivity contribution in [1.29, 1.82) is 0 Å². The highest BCUT2D eigenvalue weighted by molar-refractivity contribution is 7.15. The van der Waals surface area contributed by atoms with E-state index in [4.69, 9.17) is 0 Å². The molecule has 3 rings (SSSR count).